The molecule has 0 amide bonds. The summed E-state index contributed by atoms with van der Waals surface area (Å²) in [5.74, 6) is -0.309. The summed E-state index contributed by atoms with van der Waals surface area (Å²) in [6.45, 7) is 1.91. The number of ketones is 1. The number of anilines is 1. The molecule has 90 valence electrons. The Morgan fingerprint density at radius 2 is 1.83 bits per heavy atom. The molecular weight excluding hydrogens is 224 g/mol. The predicted octanol–water partition coefficient (Wildman–Crippen LogP) is 2.83. The first-order chi connectivity index (χ1) is 8.59. The molecule has 0 aromatic heterocycles. The van der Waals surface area contributed by atoms with Gasteiger partial charge in [0.1, 0.15) is 5.71 Å². The molecule has 0 radical (unpaired) electrons. The van der Waals surface area contributed by atoms with Gasteiger partial charge in [0.15, 0.2) is 0 Å². The van der Waals surface area contributed by atoms with Crippen LogP contribution in [0, 0.1) is 12.3 Å². The normalized spacial score (nSPS) is 10.1. The van der Waals surface area contributed by atoms with E-state index < -0.39 is 0 Å². The Kier molecular flexibility index (Phi) is 3.24. The minimum Gasteiger partial charge on any atom is -0.398 e. The third-order valence-corrected chi connectivity index (χ3v) is 2.74. The van der Waals surface area contributed by atoms with Gasteiger partial charge in [-0.15, -0.1) is 0 Å². The van der Waals surface area contributed by atoms with Crippen molar-refractivity contribution in [2.45, 2.75) is 6.92 Å². The Labute approximate surface area is 106 Å². The van der Waals surface area contributed by atoms with E-state index in [1.807, 2.05) is 19.1 Å². The number of carbonyl (C=O) groups excluding carboxylic acids is 1. The van der Waals surface area contributed by atoms with E-state index in [4.69, 9.17) is 11.1 Å². The van der Waals surface area contributed by atoms with E-state index in [0.29, 0.717) is 16.8 Å². The third-order valence-electron chi connectivity index (χ3n) is 2.74. The Bertz CT molecular complexity index is 617. The number of nitrogens with one attached hydrogen (secondary N) is 1. The number of nitrogens with two attached hydrogens (primary N) is 1. The quantitative estimate of drug-likeness (QED) is 0.490. The van der Waals surface area contributed by atoms with E-state index in [-0.39, 0.29) is 11.5 Å². The van der Waals surface area contributed by atoms with Gasteiger partial charge in [-0.2, -0.15) is 0 Å². The molecule has 0 fully saturated rings. The average molecular weight is 238 g/mol. The summed E-state index contributed by atoms with van der Waals surface area (Å²) < 4.78 is 0. The van der Waals surface area contributed by atoms with Gasteiger partial charge in [-0.05, 0) is 19.1 Å². The van der Waals surface area contributed by atoms with Crippen molar-refractivity contribution < 1.29 is 4.79 Å². The van der Waals surface area contributed by atoms with Gasteiger partial charge in [0, 0.05) is 16.8 Å². The molecule has 2 aromatic carbocycles. The number of carbonyl (C=O) groups is 1. The van der Waals surface area contributed by atoms with Crippen molar-refractivity contribution in [1.82, 2.24) is 0 Å². The van der Waals surface area contributed by atoms with E-state index >= 15 is 0 Å². The molecule has 2 rings (SSSR count). The van der Waals surface area contributed by atoms with Crippen molar-refractivity contribution in [3.05, 3.63) is 65.2 Å². The standard InChI is InChI=1S/C15H14N2O/c1-10-5-4-6-11(9-10)15(18)14(17)12-7-2-3-8-13(12)16/h2-9,17H,16H2,1H3. The third kappa shape index (κ3) is 2.30. The monoisotopic (exact) mass is 238 g/mol. The molecule has 0 saturated carbocycles. The highest BCUT2D eigenvalue weighted by Gasteiger charge is 2.16. The molecule has 18 heavy (non-hydrogen) atoms. The minimum atomic E-state index is -0.309. The molecule has 0 bridgehead atoms. The lowest BCUT2D eigenvalue weighted by Crippen LogP contribution is -2.16. The molecule has 0 aliphatic rings. The molecule has 3 nitrogen and oxygen atoms in total. The highest BCUT2D eigenvalue weighted by Crippen LogP contribution is 2.15. The number of nitrogen functional groups attached to an aromatic ring is 1. The molecule has 3 heteroatoms. The summed E-state index contributed by atoms with van der Waals surface area (Å²) in [7, 11) is 0. The Morgan fingerprint density at radius 1 is 1.11 bits per heavy atom. The van der Waals surface area contributed by atoms with Crippen molar-refractivity contribution in [3.8, 4) is 0 Å². The van der Waals surface area contributed by atoms with E-state index in [2.05, 4.69) is 0 Å². The van der Waals surface area contributed by atoms with E-state index in [1.54, 1.807) is 36.4 Å². The van der Waals surface area contributed by atoms with Crippen molar-refractivity contribution >= 4 is 17.2 Å². The fourth-order valence-corrected chi connectivity index (χ4v) is 1.78. The zero-order valence-electron chi connectivity index (χ0n) is 10.1. The number of hydrogen-bond donors (Lipinski definition) is 2. The largest absolute Gasteiger partial charge is 0.398 e. The Morgan fingerprint density at radius 3 is 2.50 bits per heavy atom. The van der Waals surface area contributed by atoms with Crippen LogP contribution < -0.4 is 5.73 Å². The summed E-state index contributed by atoms with van der Waals surface area (Å²) in [5.41, 5.74) is 8.14. The highest BCUT2D eigenvalue weighted by atomic mass is 16.1. The average Bonchev–Trinajstić information content (AvgIpc) is 2.37. The molecular formula is C15H14N2O. The second-order valence-electron chi connectivity index (χ2n) is 4.16. The van der Waals surface area contributed by atoms with Gasteiger partial charge in [0.05, 0.1) is 0 Å². The van der Waals surface area contributed by atoms with Crippen LogP contribution in [0.25, 0.3) is 0 Å². The van der Waals surface area contributed by atoms with Gasteiger partial charge in [0.25, 0.3) is 0 Å². The van der Waals surface area contributed by atoms with Crippen LogP contribution in [-0.4, -0.2) is 11.5 Å². The van der Waals surface area contributed by atoms with Crippen LogP contribution in [0.4, 0.5) is 5.69 Å². The maximum atomic E-state index is 12.2. The number of Topliss-reactive ketones (excluding diaryl/α,β-unsaturated/α-hetero) is 1. The van der Waals surface area contributed by atoms with Crippen molar-refractivity contribution in [2.24, 2.45) is 0 Å². The highest BCUT2D eigenvalue weighted by molar-refractivity contribution is 6.51. The maximum absolute atomic E-state index is 12.2. The van der Waals surface area contributed by atoms with Gasteiger partial charge in [-0.3, -0.25) is 10.2 Å². The van der Waals surface area contributed by atoms with Crippen LogP contribution in [0.5, 0.6) is 0 Å². The lowest BCUT2D eigenvalue weighted by Gasteiger charge is -2.07. The maximum Gasteiger partial charge on any atom is 0.211 e. The van der Waals surface area contributed by atoms with E-state index in [9.17, 15) is 4.79 Å². The summed E-state index contributed by atoms with van der Waals surface area (Å²) >= 11 is 0. The fraction of sp³-hybridized carbons (Fsp3) is 0.0667. The fourth-order valence-electron chi connectivity index (χ4n) is 1.78. The summed E-state index contributed by atoms with van der Waals surface area (Å²) in [6, 6.07) is 14.1. The van der Waals surface area contributed by atoms with Crippen LogP contribution in [0.3, 0.4) is 0 Å². The molecule has 0 spiro atoms. The first-order valence-electron chi connectivity index (χ1n) is 5.64. The van der Waals surface area contributed by atoms with Crippen LogP contribution in [-0.2, 0) is 0 Å². The van der Waals surface area contributed by atoms with Crippen LogP contribution >= 0.6 is 0 Å². The van der Waals surface area contributed by atoms with E-state index in [0.717, 1.165) is 5.56 Å². The lowest BCUT2D eigenvalue weighted by molar-refractivity contribution is 0.106. The number of hydrogen-bond acceptors (Lipinski definition) is 3. The first-order valence-corrected chi connectivity index (χ1v) is 5.64. The second-order valence-corrected chi connectivity index (χ2v) is 4.16. The van der Waals surface area contributed by atoms with E-state index in [1.165, 1.54) is 0 Å². The van der Waals surface area contributed by atoms with Crippen molar-refractivity contribution in [3.63, 3.8) is 0 Å². The second kappa shape index (κ2) is 4.84. The summed E-state index contributed by atoms with van der Waals surface area (Å²) in [6.07, 6.45) is 0. The first kappa shape index (κ1) is 12.0. The Hall–Kier alpha value is -2.42. The molecule has 0 heterocycles. The van der Waals surface area contributed by atoms with Gasteiger partial charge >= 0.3 is 0 Å². The van der Waals surface area contributed by atoms with Crippen molar-refractivity contribution in [1.29, 1.82) is 5.41 Å². The van der Waals surface area contributed by atoms with Crippen LogP contribution in [0.15, 0.2) is 48.5 Å². The van der Waals surface area contributed by atoms with Gasteiger partial charge in [-0.1, -0.05) is 42.0 Å². The summed E-state index contributed by atoms with van der Waals surface area (Å²) in [5, 5.41) is 7.95. The van der Waals surface area contributed by atoms with Gasteiger partial charge in [-0.25, -0.2) is 0 Å². The smallest absolute Gasteiger partial charge is 0.211 e. The minimum absolute atomic E-state index is 0.0706. The van der Waals surface area contributed by atoms with Crippen LogP contribution in [0.1, 0.15) is 21.5 Å². The zero-order chi connectivity index (χ0) is 13.1. The predicted molar refractivity (Wildman–Crippen MR) is 73.2 cm³/mol. The lowest BCUT2D eigenvalue weighted by atomic mass is 9.98. The SMILES string of the molecule is Cc1cccc(C(=O)C(=N)c2ccccc2N)c1. The number of aryl methyl sites for hydroxylation is 1. The molecule has 0 aliphatic carbocycles. The molecule has 0 unspecified atom stereocenters. The molecule has 3 N–H and O–H groups in total. The molecule has 0 aliphatic heterocycles. The Balaban J connectivity index is 2.36. The molecule has 0 atom stereocenters. The topological polar surface area (TPSA) is 66.9 Å². The zero-order valence-corrected chi connectivity index (χ0v) is 10.1. The summed E-state index contributed by atoms with van der Waals surface area (Å²) in [4.78, 5) is 12.2. The van der Waals surface area contributed by atoms with Crippen LogP contribution in [0.2, 0.25) is 0 Å². The number of para-hydroxylation sites is 1. The molecule has 0 saturated heterocycles. The van der Waals surface area contributed by atoms with Gasteiger partial charge < -0.3 is 5.73 Å². The number of rotatable bonds is 3. The van der Waals surface area contributed by atoms with Gasteiger partial charge in [0.2, 0.25) is 5.78 Å². The molecule has 2 aromatic rings. The number of benzene rings is 2. The van der Waals surface area contributed by atoms with Crippen molar-refractivity contribution in [2.75, 3.05) is 5.73 Å².